The highest BCUT2D eigenvalue weighted by molar-refractivity contribution is 5.98. The largest absolute Gasteiger partial charge is 0.496 e. The van der Waals surface area contributed by atoms with Gasteiger partial charge >= 0.3 is 5.97 Å². The molecule has 0 aromatic heterocycles. The Hall–Kier alpha value is -2.44. The zero-order valence-corrected chi connectivity index (χ0v) is 13.5. The Kier molecular flexibility index (Phi) is 5.31. The highest BCUT2D eigenvalue weighted by Crippen LogP contribution is 2.35. The average molecular weight is 323 g/mol. The molecule has 1 heterocycles. The summed E-state index contributed by atoms with van der Waals surface area (Å²) in [6.45, 7) is 0.728. The van der Waals surface area contributed by atoms with Crippen LogP contribution in [0.2, 0.25) is 0 Å². The van der Waals surface area contributed by atoms with E-state index in [2.05, 4.69) is 0 Å². The van der Waals surface area contributed by atoms with E-state index in [0.717, 1.165) is 0 Å². The van der Waals surface area contributed by atoms with Gasteiger partial charge in [0.25, 0.3) is 5.91 Å². The lowest BCUT2D eigenvalue weighted by molar-refractivity contribution is -0.143. The SMILES string of the molecule is COc1cc(OC)c(C(=O)N2CCCC(C(=O)O)C2)cc1OC. The maximum atomic E-state index is 12.8. The Morgan fingerprint density at radius 1 is 1.09 bits per heavy atom. The van der Waals surface area contributed by atoms with Crippen LogP contribution in [0.1, 0.15) is 23.2 Å². The Morgan fingerprint density at radius 2 is 1.70 bits per heavy atom. The minimum absolute atomic E-state index is 0.200. The number of hydrogen-bond donors (Lipinski definition) is 1. The number of carbonyl (C=O) groups is 2. The van der Waals surface area contributed by atoms with Crippen LogP contribution in [0.5, 0.6) is 17.2 Å². The molecule has 1 aliphatic rings. The van der Waals surface area contributed by atoms with E-state index in [9.17, 15) is 9.59 Å². The second kappa shape index (κ2) is 7.21. The van der Waals surface area contributed by atoms with E-state index in [4.69, 9.17) is 19.3 Å². The predicted molar refractivity (Wildman–Crippen MR) is 82.4 cm³/mol. The number of ether oxygens (including phenoxy) is 3. The third-order valence-electron chi connectivity index (χ3n) is 3.99. The Bertz CT molecular complexity index is 600. The summed E-state index contributed by atoms with van der Waals surface area (Å²) in [5.74, 6) is -0.425. The minimum Gasteiger partial charge on any atom is -0.496 e. The molecule has 1 unspecified atom stereocenters. The first-order valence-corrected chi connectivity index (χ1v) is 7.33. The Balaban J connectivity index is 2.32. The molecule has 1 N–H and O–H groups in total. The molecule has 0 bridgehead atoms. The molecule has 1 aromatic carbocycles. The number of aliphatic carboxylic acids is 1. The number of benzene rings is 1. The molecule has 1 aromatic rings. The normalized spacial score (nSPS) is 17.5. The van der Waals surface area contributed by atoms with E-state index < -0.39 is 11.9 Å². The second-order valence-electron chi connectivity index (χ2n) is 5.34. The van der Waals surface area contributed by atoms with E-state index >= 15 is 0 Å². The molecular weight excluding hydrogens is 302 g/mol. The lowest BCUT2D eigenvalue weighted by Gasteiger charge is -2.31. The topological polar surface area (TPSA) is 85.3 Å². The predicted octanol–water partition coefficient (Wildman–Crippen LogP) is 1.65. The van der Waals surface area contributed by atoms with Crippen molar-refractivity contribution in [2.75, 3.05) is 34.4 Å². The summed E-state index contributed by atoms with van der Waals surface area (Å²) >= 11 is 0. The van der Waals surface area contributed by atoms with Crippen molar-refractivity contribution in [3.05, 3.63) is 17.7 Å². The molecule has 0 radical (unpaired) electrons. The molecule has 0 spiro atoms. The van der Waals surface area contributed by atoms with Crippen molar-refractivity contribution >= 4 is 11.9 Å². The monoisotopic (exact) mass is 323 g/mol. The van der Waals surface area contributed by atoms with Gasteiger partial charge in [-0.3, -0.25) is 9.59 Å². The van der Waals surface area contributed by atoms with Gasteiger partial charge in [-0.1, -0.05) is 0 Å². The van der Waals surface area contributed by atoms with Gasteiger partial charge in [-0.05, 0) is 12.8 Å². The summed E-state index contributed by atoms with van der Waals surface area (Å²) in [5.41, 5.74) is 0.330. The molecule has 1 fully saturated rings. The highest BCUT2D eigenvalue weighted by atomic mass is 16.5. The zero-order valence-electron chi connectivity index (χ0n) is 13.5. The number of piperidine rings is 1. The highest BCUT2D eigenvalue weighted by Gasteiger charge is 2.30. The van der Waals surface area contributed by atoms with Crippen LogP contribution in [0.25, 0.3) is 0 Å². The smallest absolute Gasteiger partial charge is 0.308 e. The molecule has 7 heteroatoms. The molecule has 1 saturated heterocycles. The summed E-state index contributed by atoms with van der Waals surface area (Å²) in [7, 11) is 4.45. The van der Waals surface area contributed by atoms with E-state index in [1.54, 1.807) is 17.0 Å². The van der Waals surface area contributed by atoms with Crippen LogP contribution >= 0.6 is 0 Å². The quantitative estimate of drug-likeness (QED) is 0.887. The molecule has 1 aliphatic heterocycles. The van der Waals surface area contributed by atoms with Crippen molar-refractivity contribution < 1.29 is 28.9 Å². The molecule has 2 rings (SSSR count). The number of amides is 1. The number of rotatable bonds is 5. The van der Waals surface area contributed by atoms with Crippen molar-refractivity contribution in [1.29, 1.82) is 0 Å². The fourth-order valence-electron chi connectivity index (χ4n) is 2.73. The molecule has 1 atom stereocenters. The van der Waals surface area contributed by atoms with Crippen LogP contribution in [-0.2, 0) is 4.79 Å². The maximum absolute atomic E-state index is 12.8. The Morgan fingerprint density at radius 3 is 2.26 bits per heavy atom. The van der Waals surface area contributed by atoms with Gasteiger partial charge in [0.15, 0.2) is 11.5 Å². The molecule has 23 heavy (non-hydrogen) atoms. The number of methoxy groups -OCH3 is 3. The van der Waals surface area contributed by atoms with E-state index in [1.165, 1.54) is 21.3 Å². The van der Waals surface area contributed by atoms with Gasteiger partial charge in [-0.25, -0.2) is 0 Å². The Labute approximate surface area is 134 Å². The van der Waals surface area contributed by atoms with Crippen LogP contribution in [0.15, 0.2) is 12.1 Å². The van der Waals surface area contributed by atoms with Crippen molar-refractivity contribution in [3.8, 4) is 17.2 Å². The zero-order chi connectivity index (χ0) is 17.0. The van der Waals surface area contributed by atoms with Gasteiger partial charge < -0.3 is 24.2 Å². The third kappa shape index (κ3) is 3.49. The molecule has 1 amide bonds. The van der Waals surface area contributed by atoms with E-state index in [0.29, 0.717) is 42.2 Å². The van der Waals surface area contributed by atoms with Gasteiger partial charge in [-0.15, -0.1) is 0 Å². The molecule has 126 valence electrons. The third-order valence-corrected chi connectivity index (χ3v) is 3.99. The fourth-order valence-corrected chi connectivity index (χ4v) is 2.73. The maximum Gasteiger partial charge on any atom is 0.308 e. The van der Waals surface area contributed by atoms with Gasteiger partial charge in [0.2, 0.25) is 0 Å². The first kappa shape index (κ1) is 16.9. The van der Waals surface area contributed by atoms with Crippen molar-refractivity contribution in [3.63, 3.8) is 0 Å². The van der Waals surface area contributed by atoms with Crippen LogP contribution in [-0.4, -0.2) is 56.3 Å². The molecule has 7 nitrogen and oxygen atoms in total. The number of carbonyl (C=O) groups excluding carboxylic acids is 1. The van der Waals surface area contributed by atoms with Crippen molar-refractivity contribution in [1.82, 2.24) is 4.90 Å². The average Bonchev–Trinajstić information content (AvgIpc) is 2.59. The summed E-state index contributed by atoms with van der Waals surface area (Å²) < 4.78 is 15.7. The first-order valence-electron chi connectivity index (χ1n) is 7.33. The summed E-state index contributed by atoms with van der Waals surface area (Å²) in [4.78, 5) is 25.5. The van der Waals surface area contributed by atoms with E-state index in [1.807, 2.05) is 0 Å². The van der Waals surface area contributed by atoms with Crippen molar-refractivity contribution in [2.45, 2.75) is 12.8 Å². The lowest BCUT2D eigenvalue weighted by atomic mass is 9.97. The minimum atomic E-state index is -0.873. The van der Waals surface area contributed by atoms with Crippen LogP contribution in [0, 0.1) is 5.92 Å². The molecule has 0 aliphatic carbocycles. The molecular formula is C16H21NO6. The summed E-state index contributed by atoms with van der Waals surface area (Å²) in [6, 6.07) is 3.15. The first-order chi connectivity index (χ1) is 11.0. The standard InChI is InChI=1S/C16H21NO6/c1-21-12-8-14(23-3)13(22-2)7-11(12)15(18)17-6-4-5-10(9-17)16(19)20/h7-8,10H,4-6,9H2,1-3H3,(H,19,20). The molecule has 0 saturated carbocycles. The van der Waals surface area contributed by atoms with Crippen LogP contribution in [0.3, 0.4) is 0 Å². The van der Waals surface area contributed by atoms with Crippen LogP contribution in [0.4, 0.5) is 0 Å². The number of hydrogen-bond acceptors (Lipinski definition) is 5. The van der Waals surface area contributed by atoms with E-state index in [-0.39, 0.29) is 12.5 Å². The van der Waals surface area contributed by atoms with Gasteiger partial charge in [0.1, 0.15) is 5.75 Å². The van der Waals surface area contributed by atoms with Gasteiger partial charge in [0.05, 0.1) is 32.8 Å². The lowest BCUT2D eigenvalue weighted by Crippen LogP contribution is -2.42. The summed E-state index contributed by atoms with van der Waals surface area (Å²) in [6.07, 6.45) is 1.25. The van der Waals surface area contributed by atoms with Crippen LogP contribution < -0.4 is 14.2 Å². The van der Waals surface area contributed by atoms with Crippen molar-refractivity contribution in [2.24, 2.45) is 5.92 Å². The number of nitrogens with zero attached hydrogens (tertiary/aromatic N) is 1. The van der Waals surface area contributed by atoms with Gasteiger partial charge in [0, 0.05) is 25.2 Å². The second-order valence-corrected chi connectivity index (χ2v) is 5.34. The van der Waals surface area contributed by atoms with Gasteiger partial charge in [-0.2, -0.15) is 0 Å². The number of likely N-dealkylation sites (tertiary alicyclic amines) is 1. The number of carboxylic acids is 1. The fraction of sp³-hybridized carbons (Fsp3) is 0.500. The summed E-state index contributed by atoms with van der Waals surface area (Å²) in [5, 5.41) is 9.16. The number of carboxylic acid groups (broad SMARTS) is 1.